The van der Waals surface area contributed by atoms with Crippen molar-refractivity contribution in [1.29, 1.82) is 0 Å². The zero-order chi connectivity index (χ0) is 20.8. The van der Waals surface area contributed by atoms with Gasteiger partial charge < -0.3 is 24.6 Å². The van der Waals surface area contributed by atoms with E-state index in [2.05, 4.69) is 25.3 Å². The molecule has 0 bridgehead atoms. The molecule has 1 amide bonds. The van der Waals surface area contributed by atoms with E-state index >= 15 is 0 Å². The molecule has 0 radical (unpaired) electrons. The Morgan fingerprint density at radius 2 is 1.77 bits per heavy atom. The number of aromatic nitrogens is 2. The lowest BCUT2D eigenvalue weighted by molar-refractivity contribution is -0.125. The second kappa shape index (κ2) is 9.75. The largest absolute Gasteiger partial charge is 0.497 e. The Kier molecular flexibility index (Phi) is 6.63. The molecule has 1 unspecified atom stereocenters. The number of hydrogen-bond acceptors (Lipinski definition) is 7. The number of carbonyl (C=O) groups is 1. The number of anilines is 2. The Morgan fingerprint density at radius 1 is 1.07 bits per heavy atom. The molecule has 2 aliphatic rings. The molecule has 30 heavy (non-hydrogen) atoms. The van der Waals surface area contributed by atoms with Gasteiger partial charge in [-0.2, -0.15) is 0 Å². The van der Waals surface area contributed by atoms with Crippen molar-refractivity contribution < 1.29 is 14.3 Å². The van der Waals surface area contributed by atoms with Gasteiger partial charge in [-0.3, -0.25) is 4.79 Å². The highest BCUT2D eigenvalue weighted by Gasteiger charge is 2.26. The van der Waals surface area contributed by atoms with E-state index in [0.29, 0.717) is 13.1 Å². The Labute approximate surface area is 177 Å². The standard InChI is InChI=1S/C22H29N5O3/c1-29-19-6-4-17(5-7-19)15-23-22(28)18-3-2-10-27(16-18)21-9-8-20(24-25-21)26-11-13-30-14-12-26/h4-9,18H,2-3,10-16H2,1H3,(H,23,28). The molecular formula is C22H29N5O3. The molecule has 1 atom stereocenters. The molecule has 1 aromatic heterocycles. The lowest BCUT2D eigenvalue weighted by atomic mass is 9.97. The summed E-state index contributed by atoms with van der Waals surface area (Å²) in [4.78, 5) is 17.1. The third-order valence-corrected chi connectivity index (χ3v) is 5.71. The number of carbonyl (C=O) groups excluding carboxylic acids is 1. The predicted octanol–water partition coefficient (Wildman–Crippen LogP) is 1.85. The van der Waals surface area contributed by atoms with Gasteiger partial charge in [-0.05, 0) is 42.7 Å². The van der Waals surface area contributed by atoms with Gasteiger partial charge in [0.05, 0.1) is 26.2 Å². The molecule has 8 nitrogen and oxygen atoms in total. The molecule has 2 aliphatic heterocycles. The van der Waals surface area contributed by atoms with Crippen molar-refractivity contribution in [1.82, 2.24) is 15.5 Å². The van der Waals surface area contributed by atoms with Crippen LogP contribution in [0.3, 0.4) is 0 Å². The molecule has 2 fully saturated rings. The Hall–Kier alpha value is -2.87. The molecule has 3 heterocycles. The summed E-state index contributed by atoms with van der Waals surface area (Å²) in [5, 5.41) is 11.9. The fourth-order valence-corrected chi connectivity index (χ4v) is 3.92. The van der Waals surface area contributed by atoms with Gasteiger partial charge in [-0.15, -0.1) is 10.2 Å². The summed E-state index contributed by atoms with van der Waals surface area (Å²) in [5.74, 6) is 2.58. The number of benzene rings is 1. The first kappa shape index (κ1) is 20.4. The molecule has 1 N–H and O–H groups in total. The summed E-state index contributed by atoms with van der Waals surface area (Å²) in [6, 6.07) is 11.8. The predicted molar refractivity (Wildman–Crippen MR) is 115 cm³/mol. The van der Waals surface area contributed by atoms with Crippen LogP contribution in [0.4, 0.5) is 11.6 Å². The van der Waals surface area contributed by atoms with Crippen molar-refractivity contribution in [3.63, 3.8) is 0 Å². The Morgan fingerprint density at radius 3 is 2.43 bits per heavy atom. The van der Waals surface area contributed by atoms with E-state index in [1.54, 1.807) is 7.11 Å². The number of ether oxygens (including phenoxy) is 2. The van der Waals surface area contributed by atoms with Crippen molar-refractivity contribution >= 4 is 17.5 Å². The van der Waals surface area contributed by atoms with Crippen LogP contribution in [0.25, 0.3) is 0 Å². The van der Waals surface area contributed by atoms with Gasteiger partial charge in [-0.25, -0.2) is 0 Å². The fourth-order valence-electron chi connectivity index (χ4n) is 3.92. The second-order valence-electron chi connectivity index (χ2n) is 7.70. The minimum absolute atomic E-state index is 0.0438. The minimum Gasteiger partial charge on any atom is -0.497 e. The topological polar surface area (TPSA) is 79.8 Å². The van der Waals surface area contributed by atoms with Gasteiger partial charge in [0, 0.05) is 32.7 Å². The average molecular weight is 412 g/mol. The van der Waals surface area contributed by atoms with Crippen LogP contribution in [0.5, 0.6) is 5.75 Å². The molecule has 0 aliphatic carbocycles. The van der Waals surface area contributed by atoms with Crippen LogP contribution >= 0.6 is 0 Å². The van der Waals surface area contributed by atoms with E-state index in [1.165, 1.54) is 0 Å². The summed E-state index contributed by atoms with van der Waals surface area (Å²) < 4.78 is 10.6. The van der Waals surface area contributed by atoms with Crippen LogP contribution in [-0.2, 0) is 16.1 Å². The first-order valence-electron chi connectivity index (χ1n) is 10.5. The number of nitrogens with zero attached hydrogens (tertiary/aromatic N) is 4. The molecule has 160 valence electrons. The van der Waals surface area contributed by atoms with Crippen LogP contribution in [0.1, 0.15) is 18.4 Å². The van der Waals surface area contributed by atoms with Gasteiger partial charge >= 0.3 is 0 Å². The quantitative estimate of drug-likeness (QED) is 0.777. The number of morpholine rings is 1. The highest BCUT2D eigenvalue weighted by molar-refractivity contribution is 5.79. The lowest BCUT2D eigenvalue weighted by Crippen LogP contribution is -2.43. The van der Waals surface area contributed by atoms with Gasteiger partial charge in [0.2, 0.25) is 5.91 Å². The molecule has 2 aromatic rings. The summed E-state index contributed by atoms with van der Waals surface area (Å²) in [6.45, 7) is 5.22. The van der Waals surface area contributed by atoms with Gasteiger partial charge in [-0.1, -0.05) is 12.1 Å². The lowest BCUT2D eigenvalue weighted by Gasteiger charge is -2.33. The van der Waals surface area contributed by atoms with E-state index in [9.17, 15) is 4.79 Å². The van der Waals surface area contributed by atoms with Crippen molar-refractivity contribution in [2.75, 3.05) is 56.3 Å². The first-order chi connectivity index (χ1) is 14.7. The van der Waals surface area contributed by atoms with E-state index in [4.69, 9.17) is 9.47 Å². The van der Waals surface area contributed by atoms with Crippen LogP contribution in [0.2, 0.25) is 0 Å². The third kappa shape index (κ3) is 4.99. The average Bonchev–Trinajstić information content (AvgIpc) is 2.83. The Balaban J connectivity index is 1.31. The fraction of sp³-hybridized carbons (Fsp3) is 0.500. The summed E-state index contributed by atoms with van der Waals surface area (Å²) in [5.41, 5.74) is 1.06. The van der Waals surface area contributed by atoms with E-state index in [-0.39, 0.29) is 11.8 Å². The van der Waals surface area contributed by atoms with E-state index < -0.39 is 0 Å². The number of methoxy groups -OCH3 is 1. The van der Waals surface area contributed by atoms with E-state index in [0.717, 1.165) is 68.6 Å². The summed E-state index contributed by atoms with van der Waals surface area (Å²) in [6.07, 6.45) is 1.86. The van der Waals surface area contributed by atoms with E-state index in [1.807, 2.05) is 36.4 Å². The van der Waals surface area contributed by atoms with Crippen LogP contribution in [0, 0.1) is 5.92 Å². The number of piperidine rings is 1. The molecule has 2 saturated heterocycles. The maximum atomic E-state index is 12.7. The molecule has 1 aromatic carbocycles. The maximum absolute atomic E-state index is 12.7. The van der Waals surface area contributed by atoms with Crippen molar-refractivity contribution in [2.45, 2.75) is 19.4 Å². The first-order valence-corrected chi connectivity index (χ1v) is 10.5. The summed E-state index contributed by atoms with van der Waals surface area (Å²) >= 11 is 0. The van der Waals surface area contributed by atoms with Crippen LogP contribution < -0.4 is 19.9 Å². The minimum atomic E-state index is -0.0438. The zero-order valence-corrected chi connectivity index (χ0v) is 17.4. The van der Waals surface area contributed by atoms with Gasteiger partial charge in [0.25, 0.3) is 0 Å². The molecular weight excluding hydrogens is 382 g/mol. The smallest absolute Gasteiger partial charge is 0.225 e. The van der Waals surface area contributed by atoms with Gasteiger partial charge in [0.15, 0.2) is 11.6 Å². The molecule has 0 saturated carbocycles. The monoisotopic (exact) mass is 411 g/mol. The highest BCUT2D eigenvalue weighted by atomic mass is 16.5. The summed E-state index contributed by atoms with van der Waals surface area (Å²) in [7, 11) is 1.64. The highest BCUT2D eigenvalue weighted by Crippen LogP contribution is 2.23. The molecule has 4 rings (SSSR count). The van der Waals surface area contributed by atoms with Crippen molar-refractivity contribution in [3.05, 3.63) is 42.0 Å². The SMILES string of the molecule is COc1ccc(CNC(=O)C2CCCN(c3ccc(N4CCOCC4)nn3)C2)cc1. The number of hydrogen-bond donors (Lipinski definition) is 1. The number of amides is 1. The van der Waals surface area contributed by atoms with Crippen molar-refractivity contribution in [2.24, 2.45) is 5.92 Å². The normalized spacial score (nSPS) is 19.4. The third-order valence-electron chi connectivity index (χ3n) is 5.71. The maximum Gasteiger partial charge on any atom is 0.225 e. The van der Waals surface area contributed by atoms with Crippen molar-refractivity contribution in [3.8, 4) is 5.75 Å². The second-order valence-corrected chi connectivity index (χ2v) is 7.70. The van der Waals surface area contributed by atoms with Crippen LogP contribution in [0.15, 0.2) is 36.4 Å². The molecule has 0 spiro atoms. The Bertz CT molecular complexity index is 822. The van der Waals surface area contributed by atoms with Gasteiger partial charge in [0.1, 0.15) is 5.75 Å². The number of nitrogens with one attached hydrogen (secondary N) is 1. The number of rotatable bonds is 6. The zero-order valence-electron chi connectivity index (χ0n) is 17.4. The van der Waals surface area contributed by atoms with Crippen LogP contribution in [-0.4, -0.2) is 62.6 Å². The molecule has 8 heteroatoms.